The molecule has 3 rings (SSSR count). The molecule has 0 spiro atoms. The van der Waals surface area contributed by atoms with E-state index in [2.05, 4.69) is 21.3 Å². The standard InChI is InChI=1S/C13H21N3S/c14-11-5-3-6-16-12(11)9-15-13(16)8-10-4-1-2-7-17-10/h9-11H,1-8,14H2. The molecule has 2 aliphatic rings. The second-order valence-electron chi connectivity index (χ2n) is 5.19. The van der Waals surface area contributed by atoms with Gasteiger partial charge in [0.1, 0.15) is 5.82 Å². The molecule has 1 saturated heterocycles. The SMILES string of the molecule is NC1CCCn2c1cnc2CC1CCCCS1. The Hall–Kier alpha value is -0.480. The lowest BCUT2D eigenvalue weighted by Crippen LogP contribution is -2.24. The van der Waals surface area contributed by atoms with Crippen molar-refractivity contribution in [2.45, 2.75) is 56.4 Å². The molecular weight excluding hydrogens is 230 g/mol. The Balaban J connectivity index is 1.74. The largest absolute Gasteiger partial charge is 0.331 e. The highest BCUT2D eigenvalue weighted by atomic mass is 32.2. The first-order valence-electron chi connectivity index (χ1n) is 6.76. The van der Waals surface area contributed by atoms with Crippen molar-refractivity contribution in [1.82, 2.24) is 9.55 Å². The summed E-state index contributed by atoms with van der Waals surface area (Å²) in [6.07, 6.45) is 9.61. The van der Waals surface area contributed by atoms with Crippen LogP contribution < -0.4 is 5.73 Å². The van der Waals surface area contributed by atoms with Crippen molar-refractivity contribution in [1.29, 1.82) is 0 Å². The summed E-state index contributed by atoms with van der Waals surface area (Å²) in [7, 11) is 0. The van der Waals surface area contributed by atoms with E-state index in [-0.39, 0.29) is 6.04 Å². The predicted octanol–water partition coefficient (Wildman–Crippen LogP) is 2.50. The Morgan fingerprint density at radius 2 is 2.29 bits per heavy atom. The van der Waals surface area contributed by atoms with Gasteiger partial charge in [-0.25, -0.2) is 4.98 Å². The fourth-order valence-corrected chi connectivity index (χ4v) is 4.24. The Kier molecular flexibility index (Phi) is 3.43. The summed E-state index contributed by atoms with van der Waals surface area (Å²) >= 11 is 2.13. The lowest BCUT2D eigenvalue weighted by molar-refractivity contribution is 0.449. The van der Waals surface area contributed by atoms with Crippen LogP contribution in [0.25, 0.3) is 0 Å². The quantitative estimate of drug-likeness (QED) is 0.878. The van der Waals surface area contributed by atoms with Gasteiger partial charge in [0.2, 0.25) is 0 Å². The van der Waals surface area contributed by atoms with Crippen LogP contribution in [-0.2, 0) is 13.0 Å². The van der Waals surface area contributed by atoms with Gasteiger partial charge in [0.05, 0.1) is 11.9 Å². The molecule has 0 bridgehead atoms. The molecule has 0 radical (unpaired) electrons. The molecule has 0 aromatic carbocycles. The molecule has 0 amide bonds. The van der Waals surface area contributed by atoms with E-state index < -0.39 is 0 Å². The van der Waals surface area contributed by atoms with Gasteiger partial charge in [-0.2, -0.15) is 11.8 Å². The van der Waals surface area contributed by atoms with Crippen molar-refractivity contribution >= 4 is 11.8 Å². The van der Waals surface area contributed by atoms with Gasteiger partial charge >= 0.3 is 0 Å². The van der Waals surface area contributed by atoms with Gasteiger partial charge in [-0.05, 0) is 31.4 Å². The van der Waals surface area contributed by atoms with Gasteiger partial charge in [0.25, 0.3) is 0 Å². The van der Waals surface area contributed by atoms with Crippen molar-refractivity contribution in [2.24, 2.45) is 5.73 Å². The first kappa shape index (κ1) is 11.6. The zero-order chi connectivity index (χ0) is 11.7. The molecule has 1 aromatic rings. The molecule has 17 heavy (non-hydrogen) atoms. The minimum Gasteiger partial charge on any atom is -0.331 e. The lowest BCUT2D eigenvalue weighted by Gasteiger charge is -2.24. The minimum atomic E-state index is 0.212. The smallest absolute Gasteiger partial charge is 0.110 e. The fourth-order valence-electron chi connectivity index (χ4n) is 2.94. The first-order chi connectivity index (χ1) is 8.34. The predicted molar refractivity (Wildman–Crippen MR) is 72.2 cm³/mol. The van der Waals surface area contributed by atoms with E-state index in [0.717, 1.165) is 24.6 Å². The van der Waals surface area contributed by atoms with Crippen molar-refractivity contribution in [3.63, 3.8) is 0 Å². The molecule has 3 heterocycles. The Morgan fingerprint density at radius 1 is 1.35 bits per heavy atom. The molecule has 4 heteroatoms. The van der Waals surface area contributed by atoms with Crippen LogP contribution in [0.4, 0.5) is 0 Å². The van der Waals surface area contributed by atoms with Crippen LogP contribution in [0.1, 0.15) is 49.7 Å². The van der Waals surface area contributed by atoms with Crippen molar-refractivity contribution in [3.05, 3.63) is 17.7 Å². The van der Waals surface area contributed by atoms with Crippen LogP contribution in [0.5, 0.6) is 0 Å². The van der Waals surface area contributed by atoms with E-state index in [4.69, 9.17) is 5.73 Å². The first-order valence-corrected chi connectivity index (χ1v) is 7.81. The van der Waals surface area contributed by atoms with Gasteiger partial charge in [-0.1, -0.05) is 6.42 Å². The Bertz CT molecular complexity index is 382. The average Bonchev–Trinajstić information content (AvgIpc) is 2.76. The molecule has 2 aliphatic heterocycles. The maximum Gasteiger partial charge on any atom is 0.110 e. The number of thioether (sulfide) groups is 1. The highest BCUT2D eigenvalue weighted by Crippen LogP contribution is 2.30. The number of nitrogens with two attached hydrogens (primary N) is 1. The molecule has 1 fully saturated rings. The summed E-state index contributed by atoms with van der Waals surface area (Å²) < 4.78 is 2.38. The third kappa shape index (κ3) is 2.38. The summed E-state index contributed by atoms with van der Waals surface area (Å²) in [5.74, 6) is 2.60. The molecule has 1 aromatic heterocycles. The summed E-state index contributed by atoms with van der Waals surface area (Å²) in [4.78, 5) is 4.61. The lowest BCUT2D eigenvalue weighted by atomic mass is 10.1. The Morgan fingerprint density at radius 3 is 3.12 bits per heavy atom. The van der Waals surface area contributed by atoms with E-state index in [9.17, 15) is 0 Å². The summed E-state index contributed by atoms with van der Waals surface area (Å²) in [5, 5.41) is 0.786. The van der Waals surface area contributed by atoms with Crippen LogP contribution in [0.15, 0.2) is 6.20 Å². The van der Waals surface area contributed by atoms with Gasteiger partial charge < -0.3 is 10.3 Å². The summed E-state index contributed by atoms with van der Waals surface area (Å²) in [5.41, 5.74) is 7.38. The number of aromatic nitrogens is 2. The van der Waals surface area contributed by atoms with Gasteiger partial charge in [-0.15, -0.1) is 0 Å². The monoisotopic (exact) mass is 251 g/mol. The number of fused-ring (bicyclic) bond motifs is 1. The highest BCUT2D eigenvalue weighted by molar-refractivity contribution is 7.99. The molecule has 2 atom stereocenters. The van der Waals surface area contributed by atoms with Crippen LogP contribution in [0.3, 0.4) is 0 Å². The molecule has 2 N–H and O–H groups in total. The van der Waals surface area contributed by atoms with Crippen LogP contribution in [0.2, 0.25) is 0 Å². The van der Waals surface area contributed by atoms with E-state index >= 15 is 0 Å². The van der Waals surface area contributed by atoms with Gasteiger partial charge in [0, 0.05) is 24.3 Å². The van der Waals surface area contributed by atoms with Crippen molar-refractivity contribution < 1.29 is 0 Å². The second-order valence-corrected chi connectivity index (χ2v) is 6.60. The third-order valence-corrected chi connectivity index (χ3v) is 5.33. The number of hydrogen-bond acceptors (Lipinski definition) is 3. The highest BCUT2D eigenvalue weighted by Gasteiger charge is 2.23. The molecule has 0 aliphatic carbocycles. The maximum atomic E-state index is 6.13. The normalized spacial score (nSPS) is 29.0. The molecule has 94 valence electrons. The summed E-state index contributed by atoms with van der Waals surface area (Å²) in [6.45, 7) is 1.12. The van der Waals surface area contributed by atoms with Gasteiger partial charge in [-0.3, -0.25) is 0 Å². The van der Waals surface area contributed by atoms with Crippen molar-refractivity contribution in [2.75, 3.05) is 5.75 Å². The zero-order valence-corrected chi connectivity index (χ0v) is 11.1. The Labute approximate surface area is 107 Å². The van der Waals surface area contributed by atoms with Crippen LogP contribution in [0, 0.1) is 0 Å². The fraction of sp³-hybridized carbons (Fsp3) is 0.769. The number of rotatable bonds is 2. The maximum absolute atomic E-state index is 6.13. The van der Waals surface area contributed by atoms with Crippen molar-refractivity contribution in [3.8, 4) is 0 Å². The minimum absolute atomic E-state index is 0.212. The van der Waals surface area contributed by atoms with Crippen LogP contribution in [-0.4, -0.2) is 20.6 Å². The zero-order valence-electron chi connectivity index (χ0n) is 10.3. The van der Waals surface area contributed by atoms with E-state index in [1.165, 1.54) is 43.0 Å². The molecule has 3 nitrogen and oxygen atoms in total. The molecular formula is C13H21N3S. The molecule has 2 unspecified atom stereocenters. The topological polar surface area (TPSA) is 43.8 Å². The number of hydrogen-bond donors (Lipinski definition) is 1. The third-order valence-electron chi connectivity index (χ3n) is 3.93. The number of imidazole rings is 1. The number of nitrogens with zero attached hydrogens (tertiary/aromatic N) is 2. The van der Waals surface area contributed by atoms with Gasteiger partial charge in [0.15, 0.2) is 0 Å². The second kappa shape index (κ2) is 5.02. The summed E-state index contributed by atoms with van der Waals surface area (Å²) in [6, 6.07) is 0.212. The average molecular weight is 251 g/mol. The van der Waals surface area contributed by atoms with E-state index in [0.29, 0.717) is 0 Å². The van der Waals surface area contributed by atoms with Crippen LogP contribution >= 0.6 is 11.8 Å². The molecule has 0 saturated carbocycles. The van der Waals surface area contributed by atoms with E-state index in [1.54, 1.807) is 0 Å². The van der Waals surface area contributed by atoms with E-state index in [1.807, 2.05) is 6.20 Å².